The summed E-state index contributed by atoms with van der Waals surface area (Å²) in [4.78, 5) is 19.0. The van der Waals surface area contributed by atoms with Crippen LogP contribution in [0.1, 0.15) is 93.3 Å². The van der Waals surface area contributed by atoms with Crippen molar-refractivity contribution < 1.29 is 4.74 Å². The summed E-state index contributed by atoms with van der Waals surface area (Å²) in [6, 6.07) is 6.83. The summed E-state index contributed by atoms with van der Waals surface area (Å²) in [5.74, 6) is 0.904. The van der Waals surface area contributed by atoms with Crippen LogP contribution in [0.4, 0.5) is 0 Å². The predicted octanol–water partition coefficient (Wildman–Crippen LogP) is 4.99. The summed E-state index contributed by atoms with van der Waals surface area (Å²) in [6.07, 6.45) is 10.3. The molecule has 1 N–H and O–H groups in total. The number of hydrogen-bond donors (Lipinski definition) is 1. The van der Waals surface area contributed by atoms with Gasteiger partial charge in [0.2, 0.25) is 0 Å². The fourth-order valence-corrected chi connectivity index (χ4v) is 6.02. The first kappa shape index (κ1) is 25.1. The molecule has 0 amide bonds. The monoisotopic (exact) mass is 492 g/mol. The summed E-state index contributed by atoms with van der Waals surface area (Å²) in [7, 11) is 0. The van der Waals surface area contributed by atoms with Gasteiger partial charge in [0.25, 0.3) is 5.56 Å². The van der Waals surface area contributed by atoms with E-state index in [1.807, 2.05) is 4.68 Å². The number of hydrogen-bond acceptors (Lipinski definition) is 6. The van der Waals surface area contributed by atoms with Gasteiger partial charge >= 0.3 is 0 Å². The van der Waals surface area contributed by atoms with E-state index >= 15 is 0 Å². The van der Waals surface area contributed by atoms with Crippen molar-refractivity contribution in [2.24, 2.45) is 0 Å². The van der Waals surface area contributed by atoms with Crippen molar-refractivity contribution in [1.29, 1.82) is 0 Å². The Morgan fingerprint density at radius 1 is 1.11 bits per heavy atom. The van der Waals surface area contributed by atoms with E-state index in [9.17, 15) is 4.79 Å². The molecule has 0 unspecified atom stereocenters. The normalized spacial score (nSPS) is 19.9. The van der Waals surface area contributed by atoms with Crippen LogP contribution in [-0.2, 0) is 17.8 Å². The lowest BCUT2D eigenvalue weighted by Crippen LogP contribution is -2.41. The van der Waals surface area contributed by atoms with Crippen molar-refractivity contribution >= 4 is 10.9 Å². The number of pyridine rings is 1. The molecule has 2 atom stereocenters. The number of tetrazole rings is 1. The minimum Gasteiger partial charge on any atom is -0.376 e. The van der Waals surface area contributed by atoms with Gasteiger partial charge in [-0.1, -0.05) is 32.6 Å². The lowest BCUT2D eigenvalue weighted by atomic mass is 9.91. The molecule has 0 bridgehead atoms. The molecule has 1 aliphatic heterocycles. The van der Waals surface area contributed by atoms with Crippen LogP contribution < -0.4 is 5.56 Å². The number of H-pyrrole nitrogens is 1. The van der Waals surface area contributed by atoms with Crippen molar-refractivity contribution in [3.05, 3.63) is 51.1 Å². The third-order valence-corrected chi connectivity index (χ3v) is 8.15. The number of nitrogens with one attached hydrogen (secondary N) is 1. The summed E-state index contributed by atoms with van der Waals surface area (Å²) in [5.41, 5.74) is 4.15. The first-order valence-corrected chi connectivity index (χ1v) is 13.8. The molecule has 1 saturated heterocycles. The molecule has 36 heavy (non-hydrogen) atoms. The van der Waals surface area contributed by atoms with Gasteiger partial charge in [-0.05, 0) is 91.1 Å². The van der Waals surface area contributed by atoms with Gasteiger partial charge in [-0.25, -0.2) is 4.68 Å². The van der Waals surface area contributed by atoms with Crippen molar-refractivity contribution in [3.8, 4) is 0 Å². The van der Waals surface area contributed by atoms with E-state index < -0.39 is 0 Å². The van der Waals surface area contributed by atoms with E-state index in [2.05, 4.69) is 64.4 Å². The predicted molar refractivity (Wildman–Crippen MR) is 141 cm³/mol. The zero-order chi connectivity index (χ0) is 25.1. The number of nitrogens with zero attached hydrogens (tertiary/aromatic N) is 5. The molecule has 1 aromatic carbocycles. The molecule has 5 rings (SSSR count). The molecular weight excluding hydrogens is 452 g/mol. The van der Waals surface area contributed by atoms with E-state index in [4.69, 9.17) is 4.74 Å². The summed E-state index contributed by atoms with van der Waals surface area (Å²) in [5, 5.41) is 14.1. The van der Waals surface area contributed by atoms with Gasteiger partial charge in [0, 0.05) is 30.3 Å². The number of aromatic amines is 1. The quantitative estimate of drug-likeness (QED) is 0.453. The maximum atomic E-state index is 13.3. The van der Waals surface area contributed by atoms with Crippen LogP contribution in [0.25, 0.3) is 10.9 Å². The smallest absolute Gasteiger partial charge is 0.252 e. The van der Waals surface area contributed by atoms with E-state index in [0.29, 0.717) is 19.1 Å². The van der Waals surface area contributed by atoms with Crippen LogP contribution in [0, 0.1) is 13.8 Å². The van der Waals surface area contributed by atoms with Crippen LogP contribution in [0.3, 0.4) is 0 Å². The molecule has 1 aliphatic carbocycles. The van der Waals surface area contributed by atoms with Crippen LogP contribution >= 0.6 is 0 Å². The Morgan fingerprint density at radius 2 is 1.92 bits per heavy atom. The Kier molecular flexibility index (Phi) is 7.82. The topological polar surface area (TPSA) is 88.9 Å². The zero-order valence-electron chi connectivity index (χ0n) is 22.0. The second-order valence-corrected chi connectivity index (χ2v) is 10.8. The zero-order valence-corrected chi connectivity index (χ0v) is 22.0. The van der Waals surface area contributed by atoms with E-state index in [0.717, 1.165) is 67.4 Å². The number of aromatic nitrogens is 5. The first-order valence-electron chi connectivity index (χ1n) is 13.8. The average molecular weight is 493 g/mol. The van der Waals surface area contributed by atoms with E-state index in [1.165, 1.54) is 30.4 Å². The number of fused-ring (bicyclic) bond motifs is 1. The lowest BCUT2D eigenvalue weighted by Gasteiger charge is -2.39. The molecule has 8 nitrogen and oxygen atoms in total. The van der Waals surface area contributed by atoms with Crippen LogP contribution in [0.5, 0.6) is 0 Å². The van der Waals surface area contributed by atoms with Gasteiger partial charge in [0.15, 0.2) is 5.82 Å². The van der Waals surface area contributed by atoms with Gasteiger partial charge in [-0.2, -0.15) is 0 Å². The molecule has 1 saturated carbocycles. The molecule has 3 aromatic rings. The highest BCUT2D eigenvalue weighted by molar-refractivity contribution is 5.80. The van der Waals surface area contributed by atoms with E-state index in [1.54, 1.807) is 0 Å². The van der Waals surface area contributed by atoms with E-state index in [-0.39, 0.29) is 17.7 Å². The van der Waals surface area contributed by atoms with Crippen molar-refractivity contribution in [3.63, 3.8) is 0 Å². The minimum atomic E-state index is 0.000702. The van der Waals surface area contributed by atoms with Gasteiger partial charge in [-0.15, -0.1) is 5.10 Å². The van der Waals surface area contributed by atoms with Crippen LogP contribution in [-0.4, -0.2) is 48.8 Å². The highest BCUT2D eigenvalue weighted by Gasteiger charge is 2.33. The van der Waals surface area contributed by atoms with Crippen LogP contribution in [0.2, 0.25) is 0 Å². The van der Waals surface area contributed by atoms with Gasteiger partial charge in [-0.3, -0.25) is 9.69 Å². The second kappa shape index (κ2) is 11.2. The molecule has 3 heterocycles. The molecular formula is C28H40N6O2. The molecule has 0 radical (unpaired) electrons. The Labute approximate surface area is 213 Å². The number of benzene rings is 1. The summed E-state index contributed by atoms with van der Waals surface area (Å²) >= 11 is 0. The Morgan fingerprint density at radius 3 is 2.67 bits per heavy atom. The van der Waals surface area contributed by atoms with Crippen molar-refractivity contribution in [2.75, 3.05) is 6.61 Å². The van der Waals surface area contributed by atoms with Gasteiger partial charge in [0.05, 0.1) is 18.7 Å². The van der Waals surface area contributed by atoms with Gasteiger partial charge in [0.1, 0.15) is 0 Å². The molecule has 0 spiro atoms. The standard InChI is InChI=1S/C28H40N6O2/c1-4-9-26(27-30-31-32-34(27)18-24-12-8-13-36-24)33(23-10-6-5-7-11-23)17-22-16-21-14-19(2)20(3)15-25(21)29-28(22)35/h14-16,23-24,26H,4-13,17-18H2,1-3H3,(H,29,35)/t24-,26-/m0/s1. The molecule has 194 valence electrons. The Bertz CT molecular complexity index is 1220. The Hall–Kier alpha value is -2.58. The van der Waals surface area contributed by atoms with Crippen LogP contribution in [0.15, 0.2) is 23.0 Å². The molecule has 2 aliphatic rings. The highest BCUT2D eigenvalue weighted by Crippen LogP contribution is 2.34. The lowest BCUT2D eigenvalue weighted by molar-refractivity contribution is 0.0713. The first-order chi connectivity index (χ1) is 17.5. The SMILES string of the molecule is CCC[C@@H](c1nnnn1C[C@@H]1CCCO1)N(Cc1cc2cc(C)c(C)cc2[nH]c1=O)C1CCCCC1. The molecule has 2 fully saturated rings. The average Bonchev–Trinajstić information content (AvgIpc) is 3.56. The minimum absolute atomic E-state index is 0.000702. The highest BCUT2D eigenvalue weighted by atomic mass is 16.5. The molecule has 2 aromatic heterocycles. The largest absolute Gasteiger partial charge is 0.376 e. The number of rotatable bonds is 9. The fraction of sp³-hybridized carbons (Fsp3) is 0.643. The number of ether oxygens (including phenoxy) is 1. The summed E-state index contributed by atoms with van der Waals surface area (Å²) < 4.78 is 7.85. The second-order valence-electron chi connectivity index (χ2n) is 10.8. The molecule has 8 heteroatoms. The fourth-order valence-electron chi connectivity index (χ4n) is 6.02. The van der Waals surface area contributed by atoms with Crippen molar-refractivity contribution in [2.45, 2.75) is 110 Å². The maximum absolute atomic E-state index is 13.3. The van der Waals surface area contributed by atoms with Gasteiger partial charge < -0.3 is 9.72 Å². The van der Waals surface area contributed by atoms with Crippen molar-refractivity contribution in [1.82, 2.24) is 30.1 Å². The third kappa shape index (κ3) is 5.39. The Balaban J connectivity index is 1.51. The summed E-state index contributed by atoms with van der Waals surface area (Å²) in [6.45, 7) is 8.53. The third-order valence-electron chi connectivity index (χ3n) is 8.15. The number of aryl methyl sites for hydroxylation is 2. The maximum Gasteiger partial charge on any atom is 0.252 e.